The highest BCUT2D eigenvalue weighted by Crippen LogP contribution is 2.25. The molecule has 22 heavy (non-hydrogen) atoms. The number of ether oxygens (including phenoxy) is 1. The number of halogens is 1. The molecule has 2 aromatic heterocycles. The van der Waals surface area contributed by atoms with Crippen molar-refractivity contribution in [3.63, 3.8) is 0 Å². The first kappa shape index (κ1) is 14.8. The van der Waals surface area contributed by atoms with Gasteiger partial charge in [0.1, 0.15) is 12.4 Å². The standard InChI is InChI=1S/C15H15BrN4O2/c1-9-7-11(16)8-12-13(9)18-19-14(12)15(21)22-6-5-20-4-3-17-10(20)2/h3-4,7-8H,5-6H2,1-2H3,(H,18,19). The third-order valence-corrected chi connectivity index (χ3v) is 3.97. The predicted molar refractivity (Wildman–Crippen MR) is 85.8 cm³/mol. The molecule has 2 heterocycles. The van der Waals surface area contributed by atoms with Gasteiger partial charge in [0, 0.05) is 22.3 Å². The third kappa shape index (κ3) is 2.76. The van der Waals surface area contributed by atoms with Crippen molar-refractivity contribution in [1.29, 1.82) is 0 Å². The van der Waals surface area contributed by atoms with Crippen molar-refractivity contribution in [1.82, 2.24) is 19.7 Å². The van der Waals surface area contributed by atoms with Crippen LogP contribution in [0.25, 0.3) is 10.9 Å². The lowest BCUT2D eigenvalue weighted by Crippen LogP contribution is -2.12. The molecule has 1 aromatic carbocycles. The number of carbonyl (C=O) groups is 1. The topological polar surface area (TPSA) is 72.8 Å². The Kier molecular flexibility index (Phi) is 3.98. The normalized spacial score (nSPS) is 11.0. The minimum absolute atomic E-state index is 0.281. The lowest BCUT2D eigenvalue weighted by molar-refractivity contribution is 0.0486. The average Bonchev–Trinajstić information content (AvgIpc) is 3.05. The van der Waals surface area contributed by atoms with Crippen LogP contribution in [0, 0.1) is 13.8 Å². The van der Waals surface area contributed by atoms with Gasteiger partial charge in [-0.05, 0) is 31.5 Å². The maximum absolute atomic E-state index is 12.2. The van der Waals surface area contributed by atoms with Gasteiger partial charge in [0.05, 0.1) is 12.1 Å². The highest BCUT2D eigenvalue weighted by Gasteiger charge is 2.16. The molecule has 0 amide bonds. The lowest BCUT2D eigenvalue weighted by Gasteiger charge is -2.06. The Balaban J connectivity index is 1.74. The molecule has 0 aliphatic rings. The van der Waals surface area contributed by atoms with E-state index < -0.39 is 5.97 Å². The molecule has 0 saturated carbocycles. The summed E-state index contributed by atoms with van der Waals surface area (Å²) in [5.74, 6) is 0.486. The summed E-state index contributed by atoms with van der Waals surface area (Å²) in [4.78, 5) is 16.3. The minimum atomic E-state index is -0.405. The molecule has 0 saturated heterocycles. The molecule has 3 rings (SSSR count). The van der Waals surface area contributed by atoms with Gasteiger partial charge in [-0.1, -0.05) is 15.9 Å². The first-order valence-electron chi connectivity index (χ1n) is 6.85. The summed E-state index contributed by atoms with van der Waals surface area (Å²) in [7, 11) is 0. The van der Waals surface area contributed by atoms with Crippen molar-refractivity contribution in [3.8, 4) is 0 Å². The third-order valence-electron chi connectivity index (χ3n) is 3.51. The summed E-state index contributed by atoms with van der Waals surface area (Å²) in [6, 6.07) is 3.82. The van der Waals surface area contributed by atoms with Crippen LogP contribution in [0.15, 0.2) is 29.0 Å². The van der Waals surface area contributed by atoms with Gasteiger partial charge in [-0.3, -0.25) is 5.10 Å². The maximum Gasteiger partial charge on any atom is 0.357 e. The van der Waals surface area contributed by atoms with Crippen molar-refractivity contribution in [2.75, 3.05) is 6.61 Å². The summed E-state index contributed by atoms with van der Waals surface area (Å²) < 4.78 is 8.16. The highest BCUT2D eigenvalue weighted by atomic mass is 79.9. The molecule has 0 unspecified atom stereocenters. The van der Waals surface area contributed by atoms with Crippen molar-refractivity contribution in [2.45, 2.75) is 20.4 Å². The molecule has 0 aliphatic carbocycles. The molecule has 0 radical (unpaired) electrons. The van der Waals surface area contributed by atoms with Crippen LogP contribution in [0.1, 0.15) is 21.9 Å². The van der Waals surface area contributed by atoms with E-state index in [9.17, 15) is 4.79 Å². The number of nitrogens with zero attached hydrogens (tertiary/aromatic N) is 3. The van der Waals surface area contributed by atoms with Crippen molar-refractivity contribution >= 4 is 32.8 Å². The van der Waals surface area contributed by atoms with Gasteiger partial charge in [0.15, 0.2) is 5.69 Å². The van der Waals surface area contributed by atoms with Gasteiger partial charge < -0.3 is 9.30 Å². The van der Waals surface area contributed by atoms with E-state index in [1.54, 1.807) is 6.20 Å². The van der Waals surface area contributed by atoms with E-state index in [4.69, 9.17) is 4.74 Å². The largest absolute Gasteiger partial charge is 0.459 e. The monoisotopic (exact) mass is 362 g/mol. The van der Waals surface area contributed by atoms with Crippen LogP contribution in [0.2, 0.25) is 0 Å². The molecule has 114 valence electrons. The Labute approximate surface area is 135 Å². The lowest BCUT2D eigenvalue weighted by atomic mass is 10.1. The van der Waals surface area contributed by atoms with Gasteiger partial charge in [-0.15, -0.1) is 0 Å². The van der Waals surface area contributed by atoms with Crippen LogP contribution in [0.3, 0.4) is 0 Å². The molecule has 6 nitrogen and oxygen atoms in total. The molecule has 0 spiro atoms. The molecule has 1 N–H and O–H groups in total. The summed E-state index contributed by atoms with van der Waals surface area (Å²) >= 11 is 3.43. The van der Waals surface area contributed by atoms with Crippen molar-refractivity contribution in [2.24, 2.45) is 0 Å². The molecule has 7 heteroatoms. The summed E-state index contributed by atoms with van der Waals surface area (Å²) in [5.41, 5.74) is 2.15. The number of aromatic amines is 1. The van der Waals surface area contributed by atoms with Crippen molar-refractivity contribution in [3.05, 3.63) is 46.1 Å². The number of aromatic nitrogens is 4. The van der Waals surface area contributed by atoms with Gasteiger partial charge in [-0.2, -0.15) is 5.10 Å². The highest BCUT2D eigenvalue weighted by molar-refractivity contribution is 9.10. The van der Waals surface area contributed by atoms with Gasteiger partial charge in [0.2, 0.25) is 0 Å². The maximum atomic E-state index is 12.2. The van der Waals surface area contributed by atoms with Crippen LogP contribution >= 0.6 is 15.9 Å². The average molecular weight is 363 g/mol. The second kappa shape index (κ2) is 5.92. The zero-order chi connectivity index (χ0) is 15.7. The minimum Gasteiger partial charge on any atom is -0.459 e. The Hall–Kier alpha value is -2.15. The van der Waals surface area contributed by atoms with Crippen LogP contribution in [0.4, 0.5) is 0 Å². The number of hydrogen-bond donors (Lipinski definition) is 1. The molecule has 0 fully saturated rings. The first-order valence-corrected chi connectivity index (χ1v) is 7.64. The molecule has 0 atom stereocenters. The summed E-state index contributed by atoms with van der Waals surface area (Å²) in [6.45, 7) is 4.71. The number of esters is 1. The van der Waals surface area contributed by atoms with Crippen LogP contribution < -0.4 is 0 Å². The van der Waals surface area contributed by atoms with E-state index in [1.807, 2.05) is 36.7 Å². The first-order chi connectivity index (χ1) is 10.6. The number of imidazole rings is 1. The molecular formula is C15H15BrN4O2. The summed E-state index contributed by atoms with van der Waals surface area (Å²) in [5, 5.41) is 7.72. The number of hydrogen-bond acceptors (Lipinski definition) is 4. The van der Waals surface area contributed by atoms with Crippen LogP contribution in [-0.4, -0.2) is 32.3 Å². The predicted octanol–water partition coefficient (Wildman–Crippen LogP) is 3.00. The van der Waals surface area contributed by atoms with Crippen LogP contribution in [-0.2, 0) is 11.3 Å². The van der Waals surface area contributed by atoms with E-state index in [0.29, 0.717) is 12.2 Å². The number of aryl methyl sites for hydroxylation is 2. The fourth-order valence-corrected chi connectivity index (χ4v) is 2.92. The van der Waals surface area contributed by atoms with Crippen LogP contribution in [0.5, 0.6) is 0 Å². The number of nitrogens with one attached hydrogen (secondary N) is 1. The molecule has 0 aliphatic heterocycles. The zero-order valence-corrected chi connectivity index (χ0v) is 13.8. The van der Waals surface area contributed by atoms with E-state index >= 15 is 0 Å². The Bertz CT molecular complexity index is 837. The second-order valence-corrected chi connectivity index (χ2v) is 5.94. The number of H-pyrrole nitrogens is 1. The van der Waals surface area contributed by atoms with Gasteiger partial charge in [0.25, 0.3) is 0 Å². The quantitative estimate of drug-likeness (QED) is 0.724. The van der Waals surface area contributed by atoms with Gasteiger partial charge in [-0.25, -0.2) is 9.78 Å². The van der Waals surface area contributed by atoms with E-state index in [-0.39, 0.29) is 6.61 Å². The zero-order valence-electron chi connectivity index (χ0n) is 12.3. The molecule has 0 bridgehead atoms. The van der Waals surface area contributed by atoms with E-state index in [2.05, 4.69) is 31.1 Å². The molecule has 3 aromatic rings. The van der Waals surface area contributed by atoms with E-state index in [1.165, 1.54) is 0 Å². The number of rotatable bonds is 4. The number of carbonyl (C=O) groups excluding carboxylic acids is 1. The summed E-state index contributed by atoms with van der Waals surface area (Å²) in [6.07, 6.45) is 3.58. The smallest absolute Gasteiger partial charge is 0.357 e. The van der Waals surface area contributed by atoms with E-state index in [0.717, 1.165) is 26.8 Å². The number of fused-ring (bicyclic) bond motifs is 1. The van der Waals surface area contributed by atoms with Crippen molar-refractivity contribution < 1.29 is 9.53 Å². The molecular weight excluding hydrogens is 348 g/mol. The second-order valence-electron chi connectivity index (χ2n) is 5.02. The number of benzene rings is 1. The Morgan fingerprint density at radius 3 is 2.95 bits per heavy atom. The van der Waals surface area contributed by atoms with Gasteiger partial charge >= 0.3 is 5.97 Å². The SMILES string of the molecule is Cc1cc(Br)cc2c(C(=O)OCCn3ccnc3C)[nH]nc12. The Morgan fingerprint density at radius 1 is 1.41 bits per heavy atom. The Morgan fingerprint density at radius 2 is 2.23 bits per heavy atom. The fraction of sp³-hybridized carbons (Fsp3) is 0.267. The fourth-order valence-electron chi connectivity index (χ4n) is 2.35.